The fraction of sp³-hybridized carbons (Fsp3) is 0.464. The van der Waals surface area contributed by atoms with Gasteiger partial charge in [0.25, 0.3) is 0 Å². The van der Waals surface area contributed by atoms with E-state index in [2.05, 4.69) is 42.0 Å². The highest BCUT2D eigenvalue weighted by atomic mass is 32.2. The van der Waals surface area contributed by atoms with Gasteiger partial charge in [-0.25, -0.2) is 8.70 Å². The first-order valence-electron chi connectivity index (χ1n) is 13.6. The van der Waals surface area contributed by atoms with E-state index >= 15 is 0 Å². The Morgan fingerprint density at radius 3 is 2.62 bits per heavy atom. The van der Waals surface area contributed by atoms with Crippen LogP contribution in [0.2, 0.25) is 0 Å². The monoisotopic (exact) mass is 553 g/mol. The van der Waals surface area contributed by atoms with E-state index in [1.165, 1.54) is 19.3 Å². The summed E-state index contributed by atoms with van der Waals surface area (Å²) in [7, 11) is 1.86. The standard InChI is InChI=1S/C28H36FN7O2S/c1-33-26-18-22(5-7-24(26)28(32-33)31-27(38)9-10-30-20-37)35-15-13-34(14-16-35)19-21-17-23(6-8-25(21)29)39-36-11-3-2-4-12-36/h5-8,17-18,20H,2-4,9-16,19H2,1H3,(H,30,37)(H,31,32,38). The van der Waals surface area contributed by atoms with Gasteiger partial charge in [-0.05, 0) is 61.2 Å². The number of aryl methyl sites for hydroxylation is 1. The zero-order valence-electron chi connectivity index (χ0n) is 22.4. The first-order chi connectivity index (χ1) is 19.0. The second kappa shape index (κ2) is 12.8. The molecule has 11 heteroatoms. The molecule has 2 aromatic carbocycles. The predicted octanol–water partition coefficient (Wildman–Crippen LogP) is 3.60. The van der Waals surface area contributed by atoms with E-state index in [1.807, 2.05) is 25.2 Å². The fourth-order valence-electron chi connectivity index (χ4n) is 5.21. The molecule has 2 saturated heterocycles. The van der Waals surface area contributed by atoms with Gasteiger partial charge in [0.1, 0.15) is 5.82 Å². The topological polar surface area (TPSA) is 85.7 Å². The van der Waals surface area contributed by atoms with Crippen molar-refractivity contribution in [2.75, 3.05) is 56.0 Å². The Hall–Kier alpha value is -3.15. The van der Waals surface area contributed by atoms with Crippen molar-refractivity contribution < 1.29 is 14.0 Å². The highest BCUT2D eigenvalue weighted by molar-refractivity contribution is 7.97. The number of piperidine rings is 1. The van der Waals surface area contributed by atoms with E-state index in [1.54, 1.807) is 22.7 Å². The maximum Gasteiger partial charge on any atom is 0.227 e. The van der Waals surface area contributed by atoms with Gasteiger partial charge in [-0.2, -0.15) is 5.10 Å². The van der Waals surface area contributed by atoms with Crippen LogP contribution in [0.25, 0.3) is 10.9 Å². The van der Waals surface area contributed by atoms with Crippen molar-refractivity contribution in [2.24, 2.45) is 7.05 Å². The number of nitrogens with zero attached hydrogens (tertiary/aromatic N) is 5. The molecule has 2 aliphatic heterocycles. The molecule has 3 heterocycles. The fourth-order valence-corrected chi connectivity index (χ4v) is 6.28. The van der Waals surface area contributed by atoms with E-state index in [4.69, 9.17) is 0 Å². The lowest BCUT2D eigenvalue weighted by Gasteiger charge is -2.36. The highest BCUT2D eigenvalue weighted by Crippen LogP contribution is 2.30. The van der Waals surface area contributed by atoms with Gasteiger partial charge < -0.3 is 15.5 Å². The van der Waals surface area contributed by atoms with Crippen molar-refractivity contribution in [2.45, 2.75) is 37.1 Å². The summed E-state index contributed by atoms with van der Waals surface area (Å²) in [6, 6.07) is 11.7. The molecule has 5 rings (SSSR count). The summed E-state index contributed by atoms with van der Waals surface area (Å²) >= 11 is 1.75. The Balaban J connectivity index is 1.18. The van der Waals surface area contributed by atoms with Crippen LogP contribution < -0.4 is 15.5 Å². The summed E-state index contributed by atoms with van der Waals surface area (Å²) in [5, 5.41) is 10.7. The molecule has 0 atom stereocenters. The lowest BCUT2D eigenvalue weighted by molar-refractivity contribution is -0.116. The van der Waals surface area contributed by atoms with E-state index < -0.39 is 0 Å². The first kappa shape index (κ1) is 27.4. The summed E-state index contributed by atoms with van der Waals surface area (Å²) in [5.41, 5.74) is 2.80. The summed E-state index contributed by atoms with van der Waals surface area (Å²) < 4.78 is 18.8. The van der Waals surface area contributed by atoms with Crippen LogP contribution in [-0.4, -0.2) is 77.1 Å². The smallest absolute Gasteiger partial charge is 0.227 e. The van der Waals surface area contributed by atoms with Gasteiger partial charge in [-0.3, -0.25) is 19.2 Å². The van der Waals surface area contributed by atoms with E-state index in [0.717, 1.165) is 66.3 Å². The number of benzene rings is 2. The van der Waals surface area contributed by atoms with Crippen molar-refractivity contribution >= 4 is 46.7 Å². The van der Waals surface area contributed by atoms with Gasteiger partial charge in [-0.1, -0.05) is 6.42 Å². The summed E-state index contributed by atoms with van der Waals surface area (Å²) in [4.78, 5) is 28.4. The molecule has 2 aliphatic rings. The average Bonchev–Trinajstić information content (AvgIpc) is 3.25. The van der Waals surface area contributed by atoms with E-state index in [0.29, 0.717) is 18.8 Å². The molecule has 0 aliphatic carbocycles. The van der Waals surface area contributed by atoms with Gasteiger partial charge in [-0.15, -0.1) is 0 Å². The number of hydrogen-bond donors (Lipinski definition) is 2. The molecular weight excluding hydrogens is 517 g/mol. The van der Waals surface area contributed by atoms with Crippen LogP contribution in [0, 0.1) is 5.82 Å². The third kappa shape index (κ3) is 6.90. The second-order valence-electron chi connectivity index (χ2n) is 10.1. The zero-order valence-corrected chi connectivity index (χ0v) is 23.2. The molecular formula is C28H36FN7O2S. The van der Waals surface area contributed by atoms with Crippen LogP contribution in [-0.2, 0) is 23.2 Å². The van der Waals surface area contributed by atoms with Crippen molar-refractivity contribution in [3.8, 4) is 0 Å². The number of carbonyl (C=O) groups is 2. The molecule has 208 valence electrons. The number of halogens is 1. The summed E-state index contributed by atoms with van der Waals surface area (Å²) in [6.45, 7) is 6.48. The van der Waals surface area contributed by atoms with Crippen molar-refractivity contribution in [1.29, 1.82) is 0 Å². The molecule has 0 spiro atoms. The normalized spacial score (nSPS) is 16.9. The lowest BCUT2D eigenvalue weighted by Crippen LogP contribution is -2.46. The number of nitrogens with one attached hydrogen (secondary N) is 2. The molecule has 9 nitrogen and oxygen atoms in total. The number of hydrogen-bond acceptors (Lipinski definition) is 7. The van der Waals surface area contributed by atoms with Crippen LogP contribution in [0.5, 0.6) is 0 Å². The number of anilines is 2. The first-order valence-corrected chi connectivity index (χ1v) is 14.4. The molecule has 39 heavy (non-hydrogen) atoms. The Kier molecular flexibility index (Phi) is 9.00. The Bertz CT molecular complexity index is 1300. The Morgan fingerprint density at radius 2 is 1.85 bits per heavy atom. The van der Waals surface area contributed by atoms with Crippen LogP contribution in [0.3, 0.4) is 0 Å². The van der Waals surface area contributed by atoms with Gasteiger partial charge in [0.05, 0.1) is 5.52 Å². The van der Waals surface area contributed by atoms with Crippen LogP contribution >= 0.6 is 11.9 Å². The SMILES string of the molecule is Cn1nc(NC(=O)CCNC=O)c2ccc(N3CCN(Cc4cc(SN5CCCCC5)ccc4F)CC3)cc21. The summed E-state index contributed by atoms with van der Waals surface area (Å²) in [6.07, 6.45) is 4.53. The maximum atomic E-state index is 14.7. The third-order valence-electron chi connectivity index (χ3n) is 7.37. The minimum Gasteiger partial charge on any atom is -0.369 e. The number of piperazine rings is 1. The number of amides is 2. The lowest BCUT2D eigenvalue weighted by atomic mass is 10.1. The quantitative estimate of drug-likeness (QED) is 0.225. The Labute approximate surface area is 232 Å². The van der Waals surface area contributed by atoms with Crippen molar-refractivity contribution in [3.05, 3.63) is 47.8 Å². The largest absolute Gasteiger partial charge is 0.369 e. The second-order valence-corrected chi connectivity index (χ2v) is 11.3. The number of aromatic nitrogens is 2. The highest BCUT2D eigenvalue weighted by Gasteiger charge is 2.21. The van der Waals surface area contributed by atoms with Gasteiger partial charge >= 0.3 is 0 Å². The van der Waals surface area contributed by atoms with Gasteiger partial charge in [0.15, 0.2) is 5.82 Å². The average molecular weight is 554 g/mol. The molecule has 3 aromatic rings. The molecule has 0 unspecified atom stereocenters. The minimum absolute atomic E-state index is 0.134. The molecule has 1 aromatic heterocycles. The molecule has 0 saturated carbocycles. The molecule has 0 bridgehead atoms. The van der Waals surface area contributed by atoms with Gasteiger partial charge in [0, 0.05) is 87.4 Å². The third-order valence-corrected chi connectivity index (χ3v) is 8.46. The molecule has 2 amide bonds. The molecule has 2 fully saturated rings. The summed E-state index contributed by atoms with van der Waals surface area (Å²) in [5.74, 6) is 0.185. The van der Waals surface area contributed by atoms with E-state index in [-0.39, 0.29) is 24.7 Å². The minimum atomic E-state index is -0.198. The number of rotatable bonds is 10. The van der Waals surface area contributed by atoms with Crippen LogP contribution in [0.1, 0.15) is 31.2 Å². The number of carbonyl (C=O) groups excluding carboxylic acids is 2. The molecule has 2 N–H and O–H groups in total. The van der Waals surface area contributed by atoms with Crippen LogP contribution in [0.15, 0.2) is 41.3 Å². The van der Waals surface area contributed by atoms with Gasteiger partial charge in [0.2, 0.25) is 12.3 Å². The van der Waals surface area contributed by atoms with Crippen LogP contribution in [0.4, 0.5) is 15.9 Å². The predicted molar refractivity (Wildman–Crippen MR) is 153 cm³/mol. The zero-order chi connectivity index (χ0) is 27.2. The van der Waals surface area contributed by atoms with Crippen molar-refractivity contribution in [3.63, 3.8) is 0 Å². The van der Waals surface area contributed by atoms with E-state index in [9.17, 15) is 14.0 Å². The number of fused-ring (bicyclic) bond motifs is 1. The molecule has 0 radical (unpaired) electrons. The Morgan fingerprint density at radius 1 is 1.05 bits per heavy atom. The maximum absolute atomic E-state index is 14.7. The van der Waals surface area contributed by atoms with Crippen molar-refractivity contribution in [1.82, 2.24) is 24.3 Å².